The van der Waals surface area contributed by atoms with E-state index in [-0.39, 0.29) is 10.9 Å². The van der Waals surface area contributed by atoms with Crippen molar-refractivity contribution in [1.29, 1.82) is 5.26 Å². The molecule has 2 unspecified atom stereocenters. The fourth-order valence-corrected chi connectivity index (χ4v) is 10.1. The van der Waals surface area contributed by atoms with Gasteiger partial charge in [0.2, 0.25) is 5.95 Å². The number of alkyl halides is 3. The molecule has 0 aliphatic carbocycles. The Morgan fingerprint density at radius 3 is 2.37 bits per heavy atom. The minimum absolute atomic E-state index is 0.112. The molecule has 0 spiro atoms. The van der Waals surface area contributed by atoms with Gasteiger partial charge in [0.05, 0.1) is 11.8 Å². The topological polar surface area (TPSA) is 126 Å². The molecular formula is C34H43F3N10O2S2. The summed E-state index contributed by atoms with van der Waals surface area (Å²) in [6.07, 6.45) is -5.25. The zero-order chi connectivity index (χ0) is 36.2. The maximum absolute atomic E-state index is 13.2. The molecule has 4 aromatic rings. The molecule has 3 aliphatic heterocycles. The zero-order valence-electron chi connectivity index (χ0n) is 29.2. The number of hydrogen-bond acceptors (Lipinski definition) is 10. The van der Waals surface area contributed by atoms with Gasteiger partial charge in [0.15, 0.2) is 0 Å². The molecule has 0 saturated carbocycles. The minimum atomic E-state index is -4.28. The van der Waals surface area contributed by atoms with E-state index in [9.17, 15) is 26.9 Å². The molecule has 3 saturated heterocycles. The molecule has 1 aromatic carbocycles. The summed E-state index contributed by atoms with van der Waals surface area (Å²) in [5.74, 6) is 1.94. The molecule has 274 valence electrons. The average molecular weight is 745 g/mol. The fraction of sp³-hybridized carbons (Fsp3) is 0.559. The molecule has 12 nitrogen and oxygen atoms in total. The van der Waals surface area contributed by atoms with Crippen LogP contribution in [-0.2, 0) is 29.7 Å². The summed E-state index contributed by atoms with van der Waals surface area (Å²) >= 11 is 1.08. The Labute approximate surface area is 300 Å². The average Bonchev–Trinajstić information content (AvgIpc) is 3.86. The lowest BCUT2D eigenvalue weighted by Crippen LogP contribution is -2.54. The van der Waals surface area contributed by atoms with E-state index in [4.69, 9.17) is 4.98 Å². The van der Waals surface area contributed by atoms with E-state index < -0.39 is 22.8 Å². The Morgan fingerprint density at radius 1 is 1.04 bits per heavy atom. The number of nitrogens with zero attached hydrogens (tertiary/aromatic N) is 8. The molecular weight excluding hydrogens is 702 g/mol. The number of nitriles is 1. The van der Waals surface area contributed by atoms with Crippen LogP contribution in [0.3, 0.4) is 0 Å². The predicted molar refractivity (Wildman–Crippen MR) is 193 cm³/mol. The molecule has 0 amide bonds. The van der Waals surface area contributed by atoms with Crippen LogP contribution in [0, 0.1) is 30.1 Å². The molecule has 2 N–H and O–H groups in total. The van der Waals surface area contributed by atoms with Gasteiger partial charge in [-0.25, -0.2) is 9.71 Å². The van der Waals surface area contributed by atoms with Gasteiger partial charge in [-0.15, -0.1) is 11.3 Å². The predicted octanol–water partition coefficient (Wildman–Crippen LogP) is 4.01. The quantitative estimate of drug-likeness (QED) is 0.248. The number of thiophene rings is 1. The van der Waals surface area contributed by atoms with E-state index in [1.165, 1.54) is 16.9 Å². The van der Waals surface area contributed by atoms with E-state index >= 15 is 0 Å². The van der Waals surface area contributed by atoms with Crippen LogP contribution in [0.5, 0.6) is 0 Å². The summed E-state index contributed by atoms with van der Waals surface area (Å²) in [6, 6.07) is 10.4. The summed E-state index contributed by atoms with van der Waals surface area (Å²) in [6.45, 7) is 11.2. The van der Waals surface area contributed by atoms with Gasteiger partial charge in [-0.3, -0.25) is 9.80 Å². The molecule has 51 heavy (non-hydrogen) atoms. The number of piperazine rings is 1. The molecule has 0 bridgehead atoms. The lowest BCUT2D eigenvalue weighted by Gasteiger charge is -2.37. The van der Waals surface area contributed by atoms with Gasteiger partial charge in [-0.05, 0) is 55.0 Å². The summed E-state index contributed by atoms with van der Waals surface area (Å²) < 4.78 is 69.9. The summed E-state index contributed by atoms with van der Waals surface area (Å²) in [5, 5.41) is 14.8. The van der Waals surface area contributed by atoms with Crippen molar-refractivity contribution in [2.75, 3.05) is 76.7 Å². The van der Waals surface area contributed by atoms with Gasteiger partial charge in [0.25, 0.3) is 10.2 Å². The first-order chi connectivity index (χ1) is 24.3. The van der Waals surface area contributed by atoms with E-state index in [2.05, 4.69) is 66.3 Å². The van der Waals surface area contributed by atoms with Crippen LogP contribution >= 0.6 is 11.3 Å². The van der Waals surface area contributed by atoms with E-state index in [0.717, 1.165) is 60.5 Å². The Morgan fingerprint density at radius 2 is 1.75 bits per heavy atom. The van der Waals surface area contributed by atoms with Crippen LogP contribution in [0.15, 0.2) is 24.3 Å². The highest BCUT2D eigenvalue weighted by atomic mass is 32.2. The molecule has 6 heterocycles. The highest BCUT2D eigenvalue weighted by molar-refractivity contribution is 7.87. The summed E-state index contributed by atoms with van der Waals surface area (Å²) in [4.78, 5) is 16.9. The van der Waals surface area contributed by atoms with Crippen molar-refractivity contribution in [1.82, 2.24) is 33.4 Å². The van der Waals surface area contributed by atoms with Crippen LogP contribution < -0.4 is 14.9 Å². The number of benzene rings is 1. The normalized spacial score (nSPS) is 21.5. The summed E-state index contributed by atoms with van der Waals surface area (Å²) in [7, 11) is -0.298. The molecule has 3 aliphatic rings. The van der Waals surface area contributed by atoms with Gasteiger partial charge in [0.1, 0.15) is 22.4 Å². The third-order valence-corrected chi connectivity index (χ3v) is 13.4. The molecule has 17 heteroatoms. The van der Waals surface area contributed by atoms with Gasteiger partial charge >= 0.3 is 6.18 Å². The van der Waals surface area contributed by atoms with Gasteiger partial charge in [-0.2, -0.15) is 36.1 Å². The highest BCUT2D eigenvalue weighted by Gasteiger charge is 2.41. The largest absolute Gasteiger partial charge is 0.393 e. The Hall–Kier alpha value is -3.53. The van der Waals surface area contributed by atoms with Crippen LogP contribution in [0.1, 0.15) is 28.6 Å². The Bertz CT molecular complexity index is 2070. The van der Waals surface area contributed by atoms with Crippen LogP contribution in [0.4, 0.5) is 24.9 Å². The second kappa shape index (κ2) is 13.8. The molecule has 7 rings (SSSR count). The van der Waals surface area contributed by atoms with Gasteiger partial charge < -0.3 is 14.8 Å². The summed E-state index contributed by atoms with van der Waals surface area (Å²) in [5.41, 5.74) is 4.02. The monoisotopic (exact) mass is 744 g/mol. The zero-order valence-corrected chi connectivity index (χ0v) is 30.8. The van der Waals surface area contributed by atoms with Crippen molar-refractivity contribution in [2.45, 2.75) is 45.6 Å². The van der Waals surface area contributed by atoms with Crippen LogP contribution in [-0.4, -0.2) is 116 Å². The van der Waals surface area contributed by atoms with Gasteiger partial charge in [0, 0.05) is 101 Å². The third kappa shape index (κ3) is 7.14. The maximum atomic E-state index is 13.2. The first kappa shape index (κ1) is 35.9. The number of halogens is 3. The van der Waals surface area contributed by atoms with Crippen molar-refractivity contribution < 1.29 is 21.6 Å². The smallest absolute Gasteiger partial charge is 0.357 e. The number of nitrogens with one attached hydrogen (secondary N) is 2. The van der Waals surface area contributed by atoms with Crippen molar-refractivity contribution >= 4 is 54.4 Å². The standard InChI is InChI=1S/C34H43F3N10O2S2/c1-21(44-7-9-46(10-8-44)51(48,49)40-4)15-47-26(14-38)11-28-22(2)23(5-6-30(28)47)16-43-17-24-19-45(20-25(24)18-43)31-29-12-27(13-34(35,36)37)50-32(29)42-33(39-3)41-31/h5-6,11-12,21,24-25,40H,7-10,13,15-20H2,1-4H3,(H,39,41,42)/t21-,24?,25?/m0/s1. The molecule has 3 fully saturated rings. The van der Waals surface area contributed by atoms with Crippen molar-refractivity contribution in [2.24, 2.45) is 11.8 Å². The molecule has 0 radical (unpaired) electrons. The molecule has 3 atom stereocenters. The van der Waals surface area contributed by atoms with Crippen molar-refractivity contribution in [3.63, 3.8) is 0 Å². The second-order valence-corrected chi connectivity index (χ2v) is 17.0. The minimum Gasteiger partial charge on any atom is -0.357 e. The number of aryl methyl sites for hydroxylation is 1. The highest BCUT2D eigenvalue weighted by Crippen LogP contribution is 2.40. The number of aromatic nitrogens is 3. The van der Waals surface area contributed by atoms with E-state index in [0.29, 0.717) is 72.2 Å². The van der Waals surface area contributed by atoms with E-state index in [1.54, 1.807) is 13.1 Å². The number of anilines is 2. The second-order valence-electron chi connectivity index (χ2n) is 14.0. The van der Waals surface area contributed by atoms with Crippen LogP contribution in [0.2, 0.25) is 0 Å². The number of fused-ring (bicyclic) bond motifs is 3. The lowest BCUT2D eigenvalue weighted by atomic mass is 10.0. The first-order valence-corrected chi connectivity index (χ1v) is 19.5. The SMILES string of the molecule is CNc1nc(N2CC3CN(Cc4ccc5c(cc(C#N)n5C[C@H](C)N5CCN(S(=O)(=O)NC)CC5)c4C)CC3C2)c2cc(CC(F)(F)F)sc2n1. The fourth-order valence-electron chi connectivity index (χ4n) is 8.10. The van der Waals surface area contributed by atoms with Crippen molar-refractivity contribution in [3.05, 3.63) is 46.0 Å². The van der Waals surface area contributed by atoms with Gasteiger partial charge in [-0.1, -0.05) is 6.07 Å². The number of hydrogen-bond donors (Lipinski definition) is 2. The Balaban J connectivity index is 1.02. The maximum Gasteiger partial charge on any atom is 0.393 e. The van der Waals surface area contributed by atoms with E-state index in [1.807, 2.05) is 6.07 Å². The van der Waals surface area contributed by atoms with Crippen molar-refractivity contribution in [3.8, 4) is 6.07 Å². The number of rotatable bonds is 10. The van der Waals surface area contributed by atoms with Crippen LogP contribution in [0.25, 0.3) is 21.1 Å². The third-order valence-electron chi connectivity index (χ3n) is 10.8. The lowest BCUT2D eigenvalue weighted by molar-refractivity contribution is -0.126. The first-order valence-electron chi connectivity index (χ1n) is 17.2. The number of likely N-dealkylation sites (tertiary alicyclic amines) is 1. The molecule has 3 aromatic heterocycles. The Kier molecular flexibility index (Phi) is 9.69.